The molecule has 1 aromatic heterocycles. The maximum atomic E-state index is 10.8. The monoisotopic (exact) mass is 235 g/mol. The molecule has 2 rings (SSSR count). The van der Waals surface area contributed by atoms with Crippen molar-refractivity contribution < 1.29 is 4.52 Å². The summed E-state index contributed by atoms with van der Waals surface area (Å²) in [6.07, 6.45) is 0. The van der Waals surface area contributed by atoms with Gasteiger partial charge in [0.15, 0.2) is 0 Å². The van der Waals surface area contributed by atoms with Gasteiger partial charge in [-0.25, -0.2) is 0 Å². The molecular weight excluding hydrogens is 222 g/mol. The molecule has 0 aliphatic heterocycles. The Hall–Kier alpha value is -1.42. The average Bonchev–Trinajstić information content (AvgIpc) is 2.67. The lowest BCUT2D eigenvalue weighted by Gasteiger charge is -2.00. The van der Waals surface area contributed by atoms with E-state index >= 15 is 0 Å². The Morgan fingerprint density at radius 2 is 2.00 bits per heavy atom. The van der Waals surface area contributed by atoms with Gasteiger partial charge in [0.05, 0.1) is 5.75 Å². The van der Waals surface area contributed by atoms with Gasteiger partial charge in [0.2, 0.25) is 0 Å². The largest absolute Gasteiger partial charge is 0.383 e. The second-order valence-electron chi connectivity index (χ2n) is 3.66. The van der Waals surface area contributed by atoms with Crippen molar-refractivity contribution in [3.8, 4) is 0 Å². The Kier molecular flexibility index (Phi) is 3.51. The van der Waals surface area contributed by atoms with Crippen molar-refractivity contribution in [3.05, 3.63) is 57.6 Å². The van der Waals surface area contributed by atoms with Crippen LogP contribution in [0.15, 0.2) is 39.6 Å². The van der Waals surface area contributed by atoms with Gasteiger partial charge in [0.1, 0.15) is 5.76 Å². The standard InChI is InChI=1S/C12H13NO2S/c1-9-2-4-10(5-3-9)7-16-8-11-6-12(14)13-15-11/h2-6H,7-8H2,1H3,(H,13,14). The molecule has 0 aliphatic rings. The molecule has 2 aromatic rings. The fourth-order valence-corrected chi connectivity index (χ4v) is 2.22. The molecule has 3 nitrogen and oxygen atoms in total. The third kappa shape index (κ3) is 3.03. The number of hydrogen-bond acceptors (Lipinski definition) is 3. The molecule has 16 heavy (non-hydrogen) atoms. The van der Waals surface area contributed by atoms with Crippen LogP contribution in [-0.4, -0.2) is 5.16 Å². The first-order valence-corrected chi connectivity index (χ1v) is 6.20. The molecule has 0 fully saturated rings. The Morgan fingerprint density at radius 1 is 1.25 bits per heavy atom. The van der Waals surface area contributed by atoms with Crippen LogP contribution in [0.3, 0.4) is 0 Å². The third-order valence-electron chi connectivity index (χ3n) is 2.21. The van der Waals surface area contributed by atoms with E-state index in [4.69, 9.17) is 4.52 Å². The van der Waals surface area contributed by atoms with Crippen LogP contribution in [0.2, 0.25) is 0 Å². The highest BCUT2D eigenvalue weighted by molar-refractivity contribution is 7.97. The molecule has 0 spiro atoms. The van der Waals surface area contributed by atoms with E-state index in [9.17, 15) is 4.79 Å². The van der Waals surface area contributed by atoms with Crippen molar-refractivity contribution in [2.75, 3.05) is 0 Å². The highest BCUT2D eigenvalue weighted by Gasteiger charge is 2.00. The van der Waals surface area contributed by atoms with E-state index in [1.165, 1.54) is 17.2 Å². The molecule has 1 aromatic carbocycles. The van der Waals surface area contributed by atoms with Gasteiger partial charge < -0.3 is 4.52 Å². The highest BCUT2D eigenvalue weighted by Crippen LogP contribution is 2.17. The van der Waals surface area contributed by atoms with E-state index in [0.29, 0.717) is 11.5 Å². The first-order valence-electron chi connectivity index (χ1n) is 5.05. The average molecular weight is 235 g/mol. The van der Waals surface area contributed by atoms with Crippen LogP contribution in [0, 0.1) is 6.92 Å². The molecule has 4 heteroatoms. The fraction of sp³-hybridized carbons (Fsp3) is 0.250. The molecular formula is C12H13NO2S. The van der Waals surface area contributed by atoms with Gasteiger partial charge in [0, 0.05) is 11.8 Å². The molecule has 84 valence electrons. The first-order chi connectivity index (χ1) is 7.74. The molecule has 0 atom stereocenters. The molecule has 0 radical (unpaired) electrons. The molecule has 0 saturated heterocycles. The predicted molar refractivity (Wildman–Crippen MR) is 65.5 cm³/mol. The van der Waals surface area contributed by atoms with Crippen LogP contribution in [0.4, 0.5) is 0 Å². The lowest BCUT2D eigenvalue weighted by Crippen LogP contribution is -1.92. The maximum Gasteiger partial charge on any atom is 0.280 e. The topological polar surface area (TPSA) is 46.0 Å². The second kappa shape index (κ2) is 5.07. The molecule has 0 saturated carbocycles. The van der Waals surface area contributed by atoms with E-state index in [-0.39, 0.29) is 5.56 Å². The number of thioether (sulfide) groups is 1. The second-order valence-corrected chi connectivity index (χ2v) is 4.64. The number of aromatic amines is 1. The van der Waals surface area contributed by atoms with Crippen molar-refractivity contribution in [1.82, 2.24) is 5.16 Å². The zero-order valence-corrected chi connectivity index (χ0v) is 9.84. The zero-order valence-electron chi connectivity index (χ0n) is 9.03. The molecule has 1 N–H and O–H groups in total. The number of H-pyrrole nitrogens is 1. The van der Waals surface area contributed by atoms with Crippen LogP contribution < -0.4 is 5.56 Å². The predicted octanol–water partition coefficient (Wildman–Crippen LogP) is 2.71. The summed E-state index contributed by atoms with van der Waals surface area (Å²) in [6.45, 7) is 2.07. The van der Waals surface area contributed by atoms with Crippen LogP contribution in [0.5, 0.6) is 0 Å². The van der Waals surface area contributed by atoms with Crippen molar-refractivity contribution in [2.24, 2.45) is 0 Å². The van der Waals surface area contributed by atoms with Gasteiger partial charge >= 0.3 is 0 Å². The van der Waals surface area contributed by atoms with Crippen LogP contribution in [0.25, 0.3) is 0 Å². The van der Waals surface area contributed by atoms with E-state index in [1.807, 2.05) is 0 Å². The molecule has 0 bridgehead atoms. The summed E-state index contributed by atoms with van der Waals surface area (Å²) < 4.78 is 4.96. The Labute approximate surface area is 97.8 Å². The van der Waals surface area contributed by atoms with E-state index in [2.05, 4.69) is 36.3 Å². The van der Waals surface area contributed by atoms with E-state index in [1.54, 1.807) is 11.8 Å². The van der Waals surface area contributed by atoms with E-state index < -0.39 is 0 Å². The number of benzene rings is 1. The van der Waals surface area contributed by atoms with Crippen LogP contribution in [0.1, 0.15) is 16.9 Å². The van der Waals surface area contributed by atoms with Crippen LogP contribution in [-0.2, 0) is 11.5 Å². The number of rotatable bonds is 4. The number of nitrogens with one attached hydrogen (secondary N) is 1. The maximum absolute atomic E-state index is 10.8. The normalized spacial score (nSPS) is 10.6. The van der Waals surface area contributed by atoms with Gasteiger partial charge in [-0.05, 0) is 12.5 Å². The molecule has 0 unspecified atom stereocenters. The molecule has 0 aliphatic carbocycles. The molecule has 1 heterocycles. The first kappa shape index (κ1) is 11.1. The van der Waals surface area contributed by atoms with Crippen molar-refractivity contribution in [3.63, 3.8) is 0 Å². The summed E-state index contributed by atoms with van der Waals surface area (Å²) in [4.78, 5) is 10.8. The van der Waals surface area contributed by atoms with Gasteiger partial charge in [-0.1, -0.05) is 29.8 Å². The number of aryl methyl sites for hydroxylation is 1. The van der Waals surface area contributed by atoms with Gasteiger partial charge in [-0.15, -0.1) is 11.8 Å². The minimum atomic E-state index is -0.175. The summed E-state index contributed by atoms with van der Waals surface area (Å²) in [5.74, 6) is 2.34. The Morgan fingerprint density at radius 3 is 2.62 bits per heavy atom. The van der Waals surface area contributed by atoms with Gasteiger partial charge in [-0.2, -0.15) is 5.16 Å². The summed E-state index contributed by atoms with van der Waals surface area (Å²) >= 11 is 1.73. The number of aromatic nitrogens is 1. The highest BCUT2D eigenvalue weighted by atomic mass is 32.2. The summed E-state index contributed by atoms with van der Waals surface area (Å²) in [5, 5.41) is 2.28. The van der Waals surface area contributed by atoms with E-state index in [0.717, 1.165) is 5.75 Å². The number of hydrogen-bond donors (Lipinski definition) is 1. The minimum Gasteiger partial charge on any atom is -0.383 e. The Balaban J connectivity index is 1.84. The Bertz CT molecular complexity index is 498. The van der Waals surface area contributed by atoms with Gasteiger partial charge in [-0.3, -0.25) is 4.79 Å². The lowest BCUT2D eigenvalue weighted by molar-refractivity contribution is 0.390. The summed E-state index contributed by atoms with van der Waals surface area (Å²) in [6, 6.07) is 9.94. The van der Waals surface area contributed by atoms with Crippen LogP contribution >= 0.6 is 11.8 Å². The zero-order chi connectivity index (χ0) is 11.4. The van der Waals surface area contributed by atoms with Crippen molar-refractivity contribution in [1.29, 1.82) is 0 Å². The molecule has 0 amide bonds. The quantitative estimate of drug-likeness (QED) is 0.886. The third-order valence-corrected chi connectivity index (χ3v) is 3.23. The fourth-order valence-electron chi connectivity index (χ4n) is 1.35. The lowest BCUT2D eigenvalue weighted by atomic mass is 10.2. The minimum absolute atomic E-state index is 0.175. The smallest absolute Gasteiger partial charge is 0.280 e. The van der Waals surface area contributed by atoms with Crippen molar-refractivity contribution in [2.45, 2.75) is 18.4 Å². The summed E-state index contributed by atoms with van der Waals surface area (Å²) in [5.41, 5.74) is 2.38. The summed E-state index contributed by atoms with van der Waals surface area (Å²) in [7, 11) is 0. The SMILES string of the molecule is Cc1ccc(CSCc2cc(=O)[nH]o2)cc1. The van der Waals surface area contributed by atoms with Gasteiger partial charge in [0.25, 0.3) is 5.56 Å². The van der Waals surface area contributed by atoms with Crippen molar-refractivity contribution >= 4 is 11.8 Å².